The van der Waals surface area contributed by atoms with Gasteiger partial charge in [-0.3, -0.25) is 0 Å². The summed E-state index contributed by atoms with van der Waals surface area (Å²) in [5, 5.41) is 4.70. The van der Waals surface area contributed by atoms with Gasteiger partial charge in [0.25, 0.3) is 0 Å². The maximum absolute atomic E-state index is 6.17. The second-order valence-electron chi connectivity index (χ2n) is 12.4. The van der Waals surface area contributed by atoms with E-state index in [4.69, 9.17) is 19.4 Å². The lowest BCUT2D eigenvalue weighted by molar-refractivity contribution is 0.669. The molecule has 0 atom stereocenters. The van der Waals surface area contributed by atoms with Crippen molar-refractivity contribution in [1.82, 2.24) is 15.0 Å². The lowest BCUT2D eigenvalue weighted by Crippen LogP contribution is -2.00. The Kier molecular flexibility index (Phi) is 6.64. The lowest BCUT2D eigenvalue weighted by atomic mass is 10.0. The number of nitrogens with zero attached hydrogens (tertiary/aromatic N) is 3. The molecule has 0 amide bonds. The van der Waals surface area contributed by atoms with Gasteiger partial charge in [-0.05, 0) is 46.5 Å². The van der Waals surface area contributed by atoms with Crippen molar-refractivity contribution in [3.05, 3.63) is 164 Å². The summed E-state index contributed by atoms with van der Waals surface area (Å²) >= 11 is 1.80. The molecule has 10 aromatic rings. The second kappa shape index (κ2) is 11.6. The van der Waals surface area contributed by atoms with Gasteiger partial charge in [-0.25, -0.2) is 15.0 Å². The highest BCUT2D eigenvalue weighted by atomic mass is 32.1. The summed E-state index contributed by atoms with van der Waals surface area (Å²) in [6.07, 6.45) is 0. The third-order valence-electron chi connectivity index (χ3n) is 9.37. The van der Waals surface area contributed by atoms with Gasteiger partial charge in [-0.1, -0.05) is 140 Å². The minimum absolute atomic E-state index is 0.635. The highest BCUT2D eigenvalue weighted by Crippen LogP contribution is 2.43. The number of rotatable bonds is 5. The molecular weight excluding hydrogens is 631 g/mol. The zero-order chi connectivity index (χ0) is 33.0. The van der Waals surface area contributed by atoms with E-state index in [1.807, 2.05) is 48.5 Å². The number of benzene rings is 7. The van der Waals surface area contributed by atoms with Crippen molar-refractivity contribution in [3.8, 4) is 56.4 Å². The highest BCUT2D eigenvalue weighted by molar-refractivity contribution is 7.26. The number of furan rings is 1. The maximum atomic E-state index is 6.17. The van der Waals surface area contributed by atoms with Gasteiger partial charge >= 0.3 is 0 Å². The van der Waals surface area contributed by atoms with Gasteiger partial charge in [0, 0.05) is 47.6 Å². The molecule has 0 N–H and O–H groups in total. The van der Waals surface area contributed by atoms with Gasteiger partial charge in [0.2, 0.25) is 0 Å². The van der Waals surface area contributed by atoms with Crippen molar-refractivity contribution in [2.75, 3.05) is 0 Å². The number of fused-ring (bicyclic) bond motifs is 6. The molecule has 7 aromatic carbocycles. The molecule has 10 rings (SSSR count). The second-order valence-corrected chi connectivity index (χ2v) is 13.4. The van der Waals surface area contributed by atoms with Crippen molar-refractivity contribution in [2.24, 2.45) is 0 Å². The third kappa shape index (κ3) is 4.79. The largest absolute Gasteiger partial charge is 0.456 e. The van der Waals surface area contributed by atoms with E-state index in [0.717, 1.165) is 49.8 Å². The fraction of sp³-hybridized carbons (Fsp3) is 0. The van der Waals surface area contributed by atoms with Crippen LogP contribution in [0.5, 0.6) is 0 Å². The van der Waals surface area contributed by atoms with Gasteiger partial charge in [-0.15, -0.1) is 11.3 Å². The monoisotopic (exact) mass is 657 g/mol. The molecule has 0 unspecified atom stereocenters. The normalized spacial score (nSPS) is 11.6. The molecule has 50 heavy (non-hydrogen) atoms. The van der Waals surface area contributed by atoms with Crippen molar-refractivity contribution < 1.29 is 4.42 Å². The molecule has 0 aliphatic heterocycles. The van der Waals surface area contributed by atoms with Crippen molar-refractivity contribution >= 4 is 53.4 Å². The van der Waals surface area contributed by atoms with Gasteiger partial charge in [0.1, 0.15) is 11.2 Å². The Labute approximate surface area is 292 Å². The average Bonchev–Trinajstić information content (AvgIpc) is 3.77. The van der Waals surface area contributed by atoms with Gasteiger partial charge in [0.15, 0.2) is 17.5 Å². The molecule has 3 aromatic heterocycles. The third-order valence-corrected chi connectivity index (χ3v) is 10.7. The predicted molar refractivity (Wildman–Crippen MR) is 207 cm³/mol. The van der Waals surface area contributed by atoms with Gasteiger partial charge in [0.05, 0.1) is 0 Å². The van der Waals surface area contributed by atoms with Crippen LogP contribution in [0.1, 0.15) is 0 Å². The molecule has 0 radical (unpaired) electrons. The number of thiophene rings is 1. The van der Waals surface area contributed by atoms with Crippen LogP contribution in [0, 0.1) is 0 Å². The fourth-order valence-electron chi connectivity index (χ4n) is 6.90. The van der Waals surface area contributed by atoms with Gasteiger partial charge in [-0.2, -0.15) is 0 Å². The zero-order valence-electron chi connectivity index (χ0n) is 26.7. The summed E-state index contributed by atoms with van der Waals surface area (Å²) in [4.78, 5) is 15.2. The smallest absolute Gasteiger partial charge is 0.165 e. The lowest BCUT2D eigenvalue weighted by Gasteiger charge is -2.10. The minimum atomic E-state index is 0.635. The summed E-state index contributed by atoms with van der Waals surface area (Å²) in [5.41, 5.74) is 9.29. The topological polar surface area (TPSA) is 51.8 Å². The minimum Gasteiger partial charge on any atom is -0.456 e. The van der Waals surface area contributed by atoms with Crippen LogP contribution in [0.3, 0.4) is 0 Å². The van der Waals surface area contributed by atoms with E-state index in [-0.39, 0.29) is 0 Å². The molecule has 0 spiro atoms. The van der Waals surface area contributed by atoms with Crippen molar-refractivity contribution in [1.29, 1.82) is 0 Å². The SMILES string of the molecule is c1ccc(-c2nc(-c3ccc(-c4ccc5c(c4)oc4ccccc45)cc3)nc(-c3cccc4c3sc3c(-c5ccccc5)cccc34)n2)cc1. The molecule has 0 aliphatic rings. The summed E-state index contributed by atoms with van der Waals surface area (Å²) < 4.78 is 8.60. The Balaban J connectivity index is 1.10. The number of aromatic nitrogens is 3. The molecular formula is C45H27N3OS. The standard InChI is InChI=1S/C45H27N3OS/c1-3-11-29(12-4-1)33-16-9-17-36-37-18-10-19-38(42(37)50-41(33)36)45-47-43(30-13-5-2-6-14-30)46-44(48-45)31-23-21-28(22-24-31)32-25-26-35-34-15-7-8-20-39(34)49-40(35)27-32/h1-27H. The Morgan fingerprint density at radius 3 is 1.60 bits per heavy atom. The van der Waals surface area contributed by atoms with E-state index in [2.05, 4.69) is 115 Å². The van der Waals surface area contributed by atoms with Crippen LogP contribution >= 0.6 is 11.3 Å². The number of para-hydroxylation sites is 1. The summed E-state index contributed by atoms with van der Waals surface area (Å²) in [6, 6.07) is 56.8. The summed E-state index contributed by atoms with van der Waals surface area (Å²) in [6.45, 7) is 0. The Morgan fingerprint density at radius 1 is 0.340 bits per heavy atom. The van der Waals surface area contributed by atoms with Crippen LogP contribution in [0.15, 0.2) is 168 Å². The van der Waals surface area contributed by atoms with E-state index >= 15 is 0 Å². The van der Waals surface area contributed by atoms with Crippen LogP contribution in [0.4, 0.5) is 0 Å². The molecule has 0 aliphatic carbocycles. The number of hydrogen-bond acceptors (Lipinski definition) is 5. The quantitative estimate of drug-likeness (QED) is 0.185. The first-order chi connectivity index (χ1) is 24.8. The van der Waals surface area contributed by atoms with Crippen LogP contribution in [0.25, 0.3) is 98.5 Å². The Morgan fingerprint density at radius 2 is 0.860 bits per heavy atom. The fourth-order valence-corrected chi connectivity index (χ4v) is 8.25. The van der Waals surface area contributed by atoms with Crippen LogP contribution < -0.4 is 0 Å². The maximum Gasteiger partial charge on any atom is 0.165 e. The first-order valence-electron chi connectivity index (χ1n) is 16.6. The molecule has 0 saturated heterocycles. The zero-order valence-corrected chi connectivity index (χ0v) is 27.6. The Hall–Kier alpha value is -6.43. The Bertz CT molecular complexity index is 2860. The van der Waals surface area contributed by atoms with Gasteiger partial charge < -0.3 is 4.42 Å². The van der Waals surface area contributed by atoms with Crippen LogP contribution in [-0.4, -0.2) is 15.0 Å². The highest BCUT2D eigenvalue weighted by Gasteiger charge is 2.18. The van der Waals surface area contributed by atoms with Crippen LogP contribution in [0.2, 0.25) is 0 Å². The van der Waals surface area contributed by atoms with Crippen molar-refractivity contribution in [2.45, 2.75) is 0 Å². The molecule has 5 heteroatoms. The van der Waals surface area contributed by atoms with E-state index in [1.54, 1.807) is 11.3 Å². The predicted octanol–water partition coefficient (Wildman–Crippen LogP) is 12.5. The molecule has 0 bridgehead atoms. The van der Waals surface area contributed by atoms with Crippen LogP contribution in [-0.2, 0) is 0 Å². The molecule has 234 valence electrons. The van der Waals surface area contributed by atoms with E-state index in [0.29, 0.717) is 17.5 Å². The molecule has 0 fully saturated rings. The first-order valence-corrected chi connectivity index (χ1v) is 17.4. The van der Waals surface area contributed by atoms with E-state index < -0.39 is 0 Å². The number of hydrogen-bond donors (Lipinski definition) is 0. The molecule has 4 nitrogen and oxygen atoms in total. The molecule has 0 saturated carbocycles. The molecule has 3 heterocycles. The summed E-state index contributed by atoms with van der Waals surface area (Å²) in [5.74, 6) is 1.94. The first kappa shape index (κ1) is 28.6. The van der Waals surface area contributed by atoms with E-state index in [1.165, 1.54) is 31.3 Å². The van der Waals surface area contributed by atoms with Crippen molar-refractivity contribution in [3.63, 3.8) is 0 Å². The van der Waals surface area contributed by atoms with E-state index in [9.17, 15) is 0 Å². The summed E-state index contributed by atoms with van der Waals surface area (Å²) in [7, 11) is 0. The average molecular weight is 658 g/mol.